The summed E-state index contributed by atoms with van der Waals surface area (Å²) in [6, 6.07) is 1.08. The van der Waals surface area contributed by atoms with Crippen LogP contribution in [0.2, 0.25) is 0 Å². The van der Waals surface area contributed by atoms with Crippen molar-refractivity contribution in [2.75, 3.05) is 0 Å². The number of amidine groups is 1. The molecule has 0 aliphatic carbocycles. The van der Waals surface area contributed by atoms with E-state index < -0.39 is 17.5 Å². The maximum Gasteiger partial charge on any atom is 0.161 e. The Labute approximate surface area is 77.6 Å². The van der Waals surface area contributed by atoms with E-state index in [1.807, 2.05) is 0 Å². The van der Waals surface area contributed by atoms with Crippen molar-refractivity contribution in [3.63, 3.8) is 0 Å². The third-order valence-electron chi connectivity index (χ3n) is 1.59. The van der Waals surface area contributed by atoms with Gasteiger partial charge in [0.15, 0.2) is 11.6 Å². The minimum absolute atomic E-state index is 0.167. The Kier molecular flexibility index (Phi) is 2.95. The first kappa shape index (κ1) is 10.4. The van der Waals surface area contributed by atoms with E-state index in [1.54, 1.807) is 0 Å². The van der Waals surface area contributed by atoms with Crippen LogP contribution in [0.3, 0.4) is 0 Å². The number of hydrogen-bond donors (Lipinski definition) is 2. The molecule has 3 N–H and O–H groups in total. The lowest BCUT2D eigenvalue weighted by Gasteiger charge is -2.02. The summed E-state index contributed by atoms with van der Waals surface area (Å²) in [4.78, 5) is 0. The summed E-state index contributed by atoms with van der Waals surface area (Å²) in [5, 5.41) is 10.8. The fraction of sp³-hybridized carbons (Fsp3) is 0.125. The van der Waals surface area contributed by atoms with Crippen molar-refractivity contribution < 1.29 is 18.4 Å². The predicted molar refractivity (Wildman–Crippen MR) is 43.4 cm³/mol. The zero-order valence-corrected chi connectivity index (χ0v) is 6.97. The molecule has 1 aromatic rings. The van der Waals surface area contributed by atoms with E-state index in [2.05, 4.69) is 5.16 Å². The SMILES string of the molecule is NC(Cc1cc(F)c(F)cc1F)=NO. The molecule has 0 heterocycles. The second kappa shape index (κ2) is 3.99. The van der Waals surface area contributed by atoms with E-state index in [1.165, 1.54) is 0 Å². The molecule has 0 aromatic heterocycles. The maximum absolute atomic E-state index is 12.9. The van der Waals surface area contributed by atoms with Crippen LogP contribution in [0.1, 0.15) is 5.56 Å². The average Bonchev–Trinajstić information content (AvgIpc) is 2.14. The van der Waals surface area contributed by atoms with Gasteiger partial charge in [-0.05, 0) is 11.6 Å². The molecule has 0 saturated heterocycles. The molecule has 0 saturated carbocycles. The fourth-order valence-corrected chi connectivity index (χ4v) is 0.930. The number of rotatable bonds is 2. The van der Waals surface area contributed by atoms with Crippen molar-refractivity contribution in [3.05, 3.63) is 35.1 Å². The van der Waals surface area contributed by atoms with Gasteiger partial charge >= 0.3 is 0 Å². The highest BCUT2D eigenvalue weighted by Gasteiger charge is 2.10. The monoisotopic (exact) mass is 204 g/mol. The molecule has 0 aliphatic rings. The summed E-state index contributed by atoms with van der Waals surface area (Å²) in [7, 11) is 0. The van der Waals surface area contributed by atoms with Crippen LogP contribution in [-0.4, -0.2) is 11.0 Å². The minimum atomic E-state index is -1.27. The number of nitrogens with two attached hydrogens (primary N) is 1. The maximum atomic E-state index is 12.9. The first-order chi connectivity index (χ1) is 6.54. The van der Waals surface area contributed by atoms with Gasteiger partial charge in [-0.25, -0.2) is 13.2 Å². The molecule has 76 valence electrons. The highest BCUT2D eigenvalue weighted by Crippen LogP contribution is 2.13. The van der Waals surface area contributed by atoms with Crippen LogP contribution in [0.5, 0.6) is 0 Å². The quantitative estimate of drug-likeness (QED) is 0.251. The smallest absolute Gasteiger partial charge is 0.161 e. The van der Waals surface area contributed by atoms with Gasteiger partial charge < -0.3 is 10.9 Å². The second-order valence-corrected chi connectivity index (χ2v) is 2.63. The minimum Gasteiger partial charge on any atom is -0.409 e. The summed E-state index contributed by atoms with van der Waals surface area (Å²) in [5.74, 6) is -3.66. The van der Waals surface area contributed by atoms with Gasteiger partial charge in [0.25, 0.3) is 0 Å². The van der Waals surface area contributed by atoms with Crippen molar-refractivity contribution in [2.45, 2.75) is 6.42 Å². The third-order valence-corrected chi connectivity index (χ3v) is 1.59. The lowest BCUT2D eigenvalue weighted by molar-refractivity contribution is 0.317. The Morgan fingerprint density at radius 2 is 1.79 bits per heavy atom. The fourth-order valence-electron chi connectivity index (χ4n) is 0.930. The predicted octanol–water partition coefficient (Wildman–Crippen LogP) is 1.39. The molecule has 6 heteroatoms. The van der Waals surface area contributed by atoms with Crippen LogP contribution < -0.4 is 5.73 Å². The van der Waals surface area contributed by atoms with E-state index >= 15 is 0 Å². The summed E-state index contributed by atoms with van der Waals surface area (Å²) in [5.41, 5.74) is 4.91. The summed E-state index contributed by atoms with van der Waals surface area (Å²) in [6.07, 6.45) is -0.278. The molecule has 0 fully saturated rings. The summed E-state index contributed by atoms with van der Waals surface area (Å²) < 4.78 is 38.0. The van der Waals surface area contributed by atoms with Gasteiger partial charge in [-0.3, -0.25) is 0 Å². The van der Waals surface area contributed by atoms with Crippen LogP contribution in [-0.2, 0) is 6.42 Å². The first-order valence-corrected chi connectivity index (χ1v) is 3.64. The van der Waals surface area contributed by atoms with Crippen molar-refractivity contribution in [1.82, 2.24) is 0 Å². The van der Waals surface area contributed by atoms with Crippen molar-refractivity contribution >= 4 is 5.84 Å². The van der Waals surface area contributed by atoms with Gasteiger partial charge in [-0.2, -0.15) is 0 Å². The molecule has 0 bridgehead atoms. The Morgan fingerprint density at radius 1 is 1.21 bits per heavy atom. The van der Waals surface area contributed by atoms with Gasteiger partial charge in [0.1, 0.15) is 11.7 Å². The van der Waals surface area contributed by atoms with Gasteiger partial charge in [0.2, 0.25) is 0 Å². The molecule has 3 nitrogen and oxygen atoms in total. The van der Waals surface area contributed by atoms with Crippen molar-refractivity contribution in [1.29, 1.82) is 0 Å². The van der Waals surface area contributed by atoms with E-state index in [-0.39, 0.29) is 17.8 Å². The normalized spacial score (nSPS) is 11.8. The summed E-state index contributed by atoms with van der Waals surface area (Å²) in [6.45, 7) is 0. The number of nitrogens with zero attached hydrogens (tertiary/aromatic N) is 1. The highest BCUT2D eigenvalue weighted by atomic mass is 19.2. The van der Waals surface area contributed by atoms with Gasteiger partial charge in [0, 0.05) is 12.5 Å². The van der Waals surface area contributed by atoms with Crippen LogP contribution in [0, 0.1) is 17.5 Å². The molecule has 14 heavy (non-hydrogen) atoms. The molecular formula is C8H7F3N2O. The molecule has 0 spiro atoms. The number of oxime groups is 1. The molecular weight excluding hydrogens is 197 g/mol. The Morgan fingerprint density at radius 3 is 2.36 bits per heavy atom. The lowest BCUT2D eigenvalue weighted by Crippen LogP contribution is -2.15. The number of benzene rings is 1. The lowest BCUT2D eigenvalue weighted by atomic mass is 10.1. The highest BCUT2D eigenvalue weighted by molar-refractivity contribution is 5.82. The van der Waals surface area contributed by atoms with Gasteiger partial charge in [-0.1, -0.05) is 5.16 Å². The van der Waals surface area contributed by atoms with E-state index in [0.29, 0.717) is 12.1 Å². The van der Waals surface area contributed by atoms with Crippen LogP contribution in [0.15, 0.2) is 17.3 Å². The zero-order chi connectivity index (χ0) is 10.7. The molecule has 0 unspecified atom stereocenters. The van der Waals surface area contributed by atoms with E-state index in [4.69, 9.17) is 10.9 Å². The van der Waals surface area contributed by atoms with E-state index in [9.17, 15) is 13.2 Å². The largest absolute Gasteiger partial charge is 0.409 e. The molecule has 0 atom stereocenters. The third kappa shape index (κ3) is 2.15. The number of halogens is 3. The topological polar surface area (TPSA) is 58.6 Å². The zero-order valence-electron chi connectivity index (χ0n) is 6.97. The van der Waals surface area contributed by atoms with Gasteiger partial charge in [0.05, 0.1) is 0 Å². The standard InChI is InChI=1S/C8H7F3N2O/c9-5-3-7(11)6(10)1-4(5)2-8(12)13-14/h1,3,14H,2H2,(H2,12,13). The Bertz CT molecular complexity index is 379. The summed E-state index contributed by atoms with van der Waals surface area (Å²) >= 11 is 0. The average molecular weight is 204 g/mol. The number of hydrogen-bond acceptors (Lipinski definition) is 2. The molecule has 0 amide bonds. The first-order valence-electron chi connectivity index (χ1n) is 3.64. The van der Waals surface area contributed by atoms with Gasteiger partial charge in [-0.15, -0.1) is 0 Å². The second-order valence-electron chi connectivity index (χ2n) is 2.63. The molecule has 0 radical (unpaired) electrons. The Hall–Kier alpha value is -1.72. The Balaban J connectivity index is 3.04. The van der Waals surface area contributed by atoms with Crippen molar-refractivity contribution in [3.8, 4) is 0 Å². The van der Waals surface area contributed by atoms with E-state index in [0.717, 1.165) is 0 Å². The van der Waals surface area contributed by atoms with Crippen LogP contribution >= 0.6 is 0 Å². The molecule has 0 aliphatic heterocycles. The molecule has 1 rings (SSSR count). The van der Waals surface area contributed by atoms with Crippen LogP contribution in [0.4, 0.5) is 13.2 Å². The molecule has 1 aromatic carbocycles. The van der Waals surface area contributed by atoms with Crippen molar-refractivity contribution in [2.24, 2.45) is 10.9 Å². The van der Waals surface area contributed by atoms with Crippen LogP contribution in [0.25, 0.3) is 0 Å².